The molecule has 0 amide bonds. The second kappa shape index (κ2) is 14.6. The van der Waals surface area contributed by atoms with Gasteiger partial charge in [0.2, 0.25) is 0 Å². The van der Waals surface area contributed by atoms with Crippen molar-refractivity contribution in [3.63, 3.8) is 0 Å². The molecular weight excluding hydrogens is 472 g/mol. The summed E-state index contributed by atoms with van der Waals surface area (Å²) in [5.74, 6) is -1.18. The van der Waals surface area contributed by atoms with Gasteiger partial charge in [0.1, 0.15) is 6.61 Å². The topological polar surface area (TPSA) is 157 Å². The minimum absolute atomic E-state index is 0.0655. The molecule has 2 rings (SSSR count). The van der Waals surface area contributed by atoms with E-state index < -0.39 is 48.2 Å². The zero-order chi connectivity index (χ0) is 26.7. The van der Waals surface area contributed by atoms with E-state index in [4.69, 9.17) is 24.5 Å². The van der Waals surface area contributed by atoms with E-state index >= 15 is 0 Å². The van der Waals surface area contributed by atoms with Gasteiger partial charge in [-0.3, -0.25) is 24.1 Å². The fourth-order valence-electron chi connectivity index (χ4n) is 5.20. The van der Waals surface area contributed by atoms with E-state index in [9.17, 15) is 19.2 Å². The van der Waals surface area contributed by atoms with Crippen LogP contribution in [0.1, 0.15) is 66.2 Å². The number of azide groups is 1. The molecule has 1 aliphatic heterocycles. The second-order valence-corrected chi connectivity index (χ2v) is 9.58. The van der Waals surface area contributed by atoms with Crippen LogP contribution in [0.3, 0.4) is 0 Å². The van der Waals surface area contributed by atoms with E-state index in [1.54, 1.807) is 0 Å². The third-order valence-corrected chi connectivity index (χ3v) is 6.82. The van der Waals surface area contributed by atoms with Gasteiger partial charge in [0.05, 0.1) is 6.04 Å². The molecule has 0 aromatic carbocycles. The fourth-order valence-corrected chi connectivity index (χ4v) is 5.20. The van der Waals surface area contributed by atoms with E-state index in [1.807, 2.05) is 4.90 Å². The molecule has 0 radical (unpaired) electrons. The zero-order valence-corrected chi connectivity index (χ0v) is 21.6. The lowest BCUT2D eigenvalue weighted by molar-refractivity contribution is -0.207. The fraction of sp³-hybridized carbons (Fsp3) is 0.833. The molecule has 0 N–H and O–H groups in total. The van der Waals surface area contributed by atoms with E-state index in [-0.39, 0.29) is 13.2 Å². The Morgan fingerprint density at radius 2 is 1.39 bits per heavy atom. The summed E-state index contributed by atoms with van der Waals surface area (Å²) in [6, 6.07) is -0.575. The van der Waals surface area contributed by atoms with E-state index in [2.05, 4.69) is 10.0 Å². The summed E-state index contributed by atoms with van der Waals surface area (Å²) >= 11 is 0. The van der Waals surface area contributed by atoms with Crippen molar-refractivity contribution in [3.05, 3.63) is 10.4 Å². The predicted molar refractivity (Wildman–Crippen MR) is 127 cm³/mol. The molecular formula is C24H38N4O8. The van der Waals surface area contributed by atoms with Crippen molar-refractivity contribution in [3.8, 4) is 0 Å². The summed E-state index contributed by atoms with van der Waals surface area (Å²) in [5, 5.41) is 3.63. The number of carbonyl (C=O) groups is 4. The number of hydrogen-bond acceptors (Lipinski definition) is 10. The predicted octanol–water partition coefficient (Wildman–Crippen LogP) is 2.93. The summed E-state index contributed by atoms with van der Waals surface area (Å²) in [6.07, 6.45) is 3.16. The smallest absolute Gasteiger partial charge is 0.303 e. The number of likely N-dealkylation sites (tertiary alicyclic amines) is 1. The third-order valence-electron chi connectivity index (χ3n) is 6.82. The molecule has 1 saturated heterocycles. The highest BCUT2D eigenvalue weighted by Crippen LogP contribution is 2.34. The molecule has 0 unspecified atom stereocenters. The summed E-state index contributed by atoms with van der Waals surface area (Å²) in [6.45, 7) is 6.33. The SMILES string of the molecule is CC(=O)OC[C@@H]1[C@@H](OC(C)=O)[C@H](OC(C)=O)[C@@H](OC(C)=O)CN1CCC1CCC(CCN=[N+]=[N-])CC1. The van der Waals surface area contributed by atoms with Crippen LogP contribution in [0.4, 0.5) is 0 Å². The van der Waals surface area contributed by atoms with Crippen LogP contribution in [0.2, 0.25) is 0 Å². The average Bonchev–Trinajstić information content (AvgIpc) is 2.79. The third kappa shape index (κ3) is 9.66. The molecule has 2 aliphatic rings. The van der Waals surface area contributed by atoms with E-state index in [1.165, 1.54) is 27.7 Å². The second-order valence-electron chi connectivity index (χ2n) is 9.58. The van der Waals surface area contributed by atoms with Crippen molar-refractivity contribution in [2.45, 2.75) is 90.6 Å². The standard InChI is InChI=1S/C24H38N4O8/c1-15(29)33-14-21-23(35-17(3)31)24(36-18(4)32)22(34-16(2)30)13-28(21)12-10-20-7-5-19(6-8-20)9-11-26-27-25/h19-24H,5-14H2,1-4H3/t19?,20?,21-,22+,23-,24-/m1/s1. The maximum atomic E-state index is 12.0. The Bertz CT molecular complexity index is 823. The Labute approximate surface area is 211 Å². The van der Waals surface area contributed by atoms with Crippen LogP contribution in [0.5, 0.6) is 0 Å². The molecule has 12 heteroatoms. The first-order valence-corrected chi connectivity index (χ1v) is 12.5. The average molecular weight is 511 g/mol. The minimum Gasteiger partial charge on any atom is -0.464 e. The molecule has 2 fully saturated rings. The molecule has 4 atom stereocenters. The van der Waals surface area contributed by atoms with Crippen LogP contribution >= 0.6 is 0 Å². The molecule has 1 aliphatic carbocycles. The van der Waals surface area contributed by atoms with Crippen molar-refractivity contribution in [1.82, 2.24) is 4.90 Å². The molecule has 1 heterocycles. The van der Waals surface area contributed by atoms with Crippen molar-refractivity contribution < 1.29 is 38.1 Å². The first-order valence-electron chi connectivity index (χ1n) is 12.5. The summed E-state index contributed by atoms with van der Waals surface area (Å²) in [5.41, 5.74) is 8.46. The van der Waals surface area contributed by atoms with Crippen LogP contribution < -0.4 is 0 Å². The molecule has 0 spiro atoms. The number of nitrogens with zero attached hydrogens (tertiary/aromatic N) is 4. The molecule has 12 nitrogen and oxygen atoms in total. The molecule has 0 bridgehead atoms. The normalized spacial score (nSPS) is 28.3. The van der Waals surface area contributed by atoms with Gasteiger partial charge in [0.25, 0.3) is 0 Å². The Kier molecular flexibility index (Phi) is 12.0. The lowest BCUT2D eigenvalue weighted by Crippen LogP contribution is -2.65. The van der Waals surface area contributed by atoms with E-state index in [0.717, 1.165) is 38.5 Å². The minimum atomic E-state index is -1.03. The first kappa shape index (κ1) is 29.4. The number of rotatable bonds is 11. The number of piperidine rings is 1. The summed E-state index contributed by atoms with van der Waals surface area (Å²) in [7, 11) is 0. The molecule has 202 valence electrons. The maximum Gasteiger partial charge on any atom is 0.303 e. The van der Waals surface area contributed by atoms with Gasteiger partial charge < -0.3 is 18.9 Å². The van der Waals surface area contributed by atoms with Gasteiger partial charge in [-0.25, -0.2) is 0 Å². The van der Waals surface area contributed by atoms with Gasteiger partial charge in [-0.1, -0.05) is 30.8 Å². The monoisotopic (exact) mass is 510 g/mol. The van der Waals surface area contributed by atoms with Crippen molar-refractivity contribution >= 4 is 23.9 Å². The van der Waals surface area contributed by atoms with Crippen molar-refractivity contribution in [2.75, 3.05) is 26.2 Å². The van der Waals surface area contributed by atoms with Crippen LogP contribution in [0.25, 0.3) is 10.4 Å². The molecule has 0 aromatic rings. The zero-order valence-electron chi connectivity index (χ0n) is 21.6. The highest BCUT2D eigenvalue weighted by atomic mass is 16.6. The Morgan fingerprint density at radius 3 is 1.92 bits per heavy atom. The summed E-state index contributed by atoms with van der Waals surface area (Å²) in [4.78, 5) is 52.0. The maximum absolute atomic E-state index is 12.0. The van der Waals surface area contributed by atoms with Gasteiger partial charge in [-0.05, 0) is 36.8 Å². The Morgan fingerprint density at radius 1 is 0.833 bits per heavy atom. The van der Waals surface area contributed by atoms with Crippen LogP contribution in [0.15, 0.2) is 5.11 Å². The quantitative estimate of drug-likeness (QED) is 0.134. The van der Waals surface area contributed by atoms with Gasteiger partial charge in [-0.15, -0.1) is 0 Å². The van der Waals surface area contributed by atoms with Crippen molar-refractivity contribution in [1.29, 1.82) is 0 Å². The number of hydrogen-bond donors (Lipinski definition) is 0. The number of ether oxygens (including phenoxy) is 4. The van der Waals surface area contributed by atoms with Crippen LogP contribution in [-0.4, -0.2) is 79.4 Å². The Balaban J connectivity index is 2.16. The van der Waals surface area contributed by atoms with Gasteiger partial charge in [0, 0.05) is 45.7 Å². The number of esters is 4. The molecule has 1 saturated carbocycles. The van der Waals surface area contributed by atoms with Gasteiger partial charge >= 0.3 is 23.9 Å². The van der Waals surface area contributed by atoms with Gasteiger partial charge in [-0.2, -0.15) is 0 Å². The highest BCUT2D eigenvalue weighted by Gasteiger charge is 2.49. The van der Waals surface area contributed by atoms with Gasteiger partial charge in [0.15, 0.2) is 18.3 Å². The van der Waals surface area contributed by atoms with Crippen molar-refractivity contribution in [2.24, 2.45) is 17.0 Å². The summed E-state index contributed by atoms with van der Waals surface area (Å²) < 4.78 is 21.8. The lowest BCUT2D eigenvalue weighted by atomic mass is 9.79. The number of carbonyl (C=O) groups excluding carboxylic acids is 4. The lowest BCUT2D eigenvalue weighted by Gasteiger charge is -2.47. The van der Waals surface area contributed by atoms with Crippen LogP contribution in [-0.2, 0) is 38.1 Å². The van der Waals surface area contributed by atoms with Crippen LogP contribution in [0, 0.1) is 11.8 Å². The molecule has 0 aromatic heterocycles. The van der Waals surface area contributed by atoms with E-state index in [0.29, 0.717) is 24.9 Å². The molecule has 36 heavy (non-hydrogen) atoms. The highest BCUT2D eigenvalue weighted by molar-refractivity contribution is 5.68. The largest absolute Gasteiger partial charge is 0.464 e. The Hall–Kier alpha value is -2.85. The first-order chi connectivity index (χ1) is 17.1.